The average Bonchev–Trinajstić information content (AvgIpc) is 2.49. The molecule has 74 valence electrons. The fourth-order valence-corrected chi connectivity index (χ4v) is 1.04. The van der Waals surface area contributed by atoms with Crippen molar-refractivity contribution in [3.8, 4) is 6.07 Å². The second-order valence-corrected chi connectivity index (χ2v) is 2.71. The summed E-state index contributed by atoms with van der Waals surface area (Å²) in [4.78, 5) is 11.2. The lowest BCUT2D eigenvalue weighted by molar-refractivity contribution is 0.0518. The molecule has 5 heteroatoms. The van der Waals surface area contributed by atoms with E-state index < -0.39 is 5.97 Å². The molecule has 0 radical (unpaired) electrons. The number of aryl methyl sites for hydroxylation is 1. The van der Waals surface area contributed by atoms with Crippen molar-refractivity contribution in [2.75, 3.05) is 6.61 Å². The van der Waals surface area contributed by atoms with Crippen LogP contribution in [-0.2, 0) is 11.3 Å². The second kappa shape index (κ2) is 4.42. The Morgan fingerprint density at radius 1 is 1.79 bits per heavy atom. The van der Waals surface area contributed by atoms with Crippen LogP contribution in [-0.4, -0.2) is 22.4 Å². The van der Waals surface area contributed by atoms with E-state index in [1.165, 1.54) is 4.68 Å². The van der Waals surface area contributed by atoms with Crippen LogP contribution in [0, 0.1) is 18.3 Å². The highest BCUT2D eigenvalue weighted by Gasteiger charge is 2.12. The first kappa shape index (κ1) is 10.3. The number of aromatic nitrogens is 2. The highest BCUT2D eigenvalue weighted by molar-refractivity contribution is 5.87. The maximum atomic E-state index is 11.2. The van der Waals surface area contributed by atoms with E-state index in [1.54, 1.807) is 19.9 Å². The molecular formula is C9H11N3O2. The SMILES string of the molecule is CCOC(=O)c1cc(C)n(CC#N)n1. The maximum Gasteiger partial charge on any atom is 0.358 e. The molecule has 1 rings (SSSR count). The van der Waals surface area contributed by atoms with E-state index in [0.717, 1.165) is 5.69 Å². The second-order valence-electron chi connectivity index (χ2n) is 2.71. The molecule has 0 spiro atoms. The van der Waals surface area contributed by atoms with Gasteiger partial charge in [0.25, 0.3) is 0 Å². The van der Waals surface area contributed by atoms with Gasteiger partial charge in [0, 0.05) is 5.69 Å². The summed E-state index contributed by atoms with van der Waals surface area (Å²) in [5.41, 5.74) is 1.02. The largest absolute Gasteiger partial charge is 0.461 e. The molecule has 0 aliphatic rings. The highest BCUT2D eigenvalue weighted by atomic mass is 16.5. The molecule has 0 saturated heterocycles. The lowest BCUT2D eigenvalue weighted by Gasteiger charge is -1.96. The molecule has 14 heavy (non-hydrogen) atoms. The fourth-order valence-electron chi connectivity index (χ4n) is 1.04. The van der Waals surface area contributed by atoms with Crippen LogP contribution in [0.3, 0.4) is 0 Å². The minimum absolute atomic E-state index is 0.144. The molecule has 0 fully saturated rings. The molecule has 5 nitrogen and oxygen atoms in total. The number of hydrogen-bond donors (Lipinski definition) is 0. The van der Waals surface area contributed by atoms with Gasteiger partial charge in [0.15, 0.2) is 5.69 Å². The van der Waals surface area contributed by atoms with Gasteiger partial charge in [-0.1, -0.05) is 0 Å². The van der Waals surface area contributed by atoms with E-state index in [2.05, 4.69) is 5.10 Å². The van der Waals surface area contributed by atoms with Crippen LogP contribution < -0.4 is 0 Å². The third kappa shape index (κ3) is 2.10. The summed E-state index contributed by atoms with van der Waals surface area (Å²) in [6.07, 6.45) is 0. The Labute approximate surface area is 81.9 Å². The van der Waals surface area contributed by atoms with E-state index in [0.29, 0.717) is 6.61 Å². The van der Waals surface area contributed by atoms with Crippen molar-refractivity contribution in [2.45, 2.75) is 20.4 Å². The van der Waals surface area contributed by atoms with Crippen molar-refractivity contribution >= 4 is 5.97 Å². The normalized spacial score (nSPS) is 9.50. The first-order chi connectivity index (χ1) is 6.69. The Morgan fingerprint density at radius 2 is 2.50 bits per heavy atom. The molecule has 0 bridgehead atoms. The van der Waals surface area contributed by atoms with Crippen LogP contribution in [0.4, 0.5) is 0 Å². The van der Waals surface area contributed by atoms with Crippen molar-refractivity contribution < 1.29 is 9.53 Å². The number of ether oxygens (including phenoxy) is 1. The summed E-state index contributed by atoms with van der Waals surface area (Å²) >= 11 is 0. The number of nitriles is 1. The van der Waals surface area contributed by atoms with Crippen molar-refractivity contribution in [1.82, 2.24) is 9.78 Å². The van der Waals surface area contributed by atoms with Crippen LogP contribution in [0.2, 0.25) is 0 Å². The number of hydrogen-bond acceptors (Lipinski definition) is 4. The van der Waals surface area contributed by atoms with E-state index in [-0.39, 0.29) is 12.2 Å². The third-order valence-corrected chi connectivity index (χ3v) is 1.69. The Bertz CT molecular complexity index is 376. The molecule has 0 aliphatic carbocycles. The maximum absolute atomic E-state index is 11.2. The summed E-state index contributed by atoms with van der Waals surface area (Å²) in [5, 5.41) is 12.4. The van der Waals surface area contributed by atoms with Crippen LogP contribution in [0.1, 0.15) is 23.1 Å². The predicted octanol–water partition coefficient (Wildman–Crippen LogP) is 0.892. The Kier molecular flexibility index (Phi) is 3.24. The zero-order valence-electron chi connectivity index (χ0n) is 8.15. The summed E-state index contributed by atoms with van der Waals surface area (Å²) < 4.78 is 6.24. The van der Waals surface area contributed by atoms with Crippen molar-refractivity contribution in [3.63, 3.8) is 0 Å². The standard InChI is InChI=1S/C9H11N3O2/c1-3-14-9(13)8-6-7(2)12(11-8)5-4-10/h6H,3,5H2,1-2H3. The first-order valence-corrected chi connectivity index (χ1v) is 4.27. The number of nitrogens with zero attached hydrogens (tertiary/aromatic N) is 3. The lowest BCUT2D eigenvalue weighted by Crippen LogP contribution is -2.07. The quantitative estimate of drug-likeness (QED) is 0.668. The number of carbonyl (C=O) groups is 1. The summed E-state index contributed by atoms with van der Waals surface area (Å²) in [7, 11) is 0. The van der Waals surface area contributed by atoms with E-state index in [1.807, 2.05) is 6.07 Å². The van der Waals surface area contributed by atoms with Gasteiger partial charge in [0.05, 0.1) is 12.7 Å². The molecule has 1 heterocycles. The van der Waals surface area contributed by atoms with E-state index >= 15 is 0 Å². The van der Waals surface area contributed by atoms with Gasteiger partial charge in [-0.15, -0.1) is 0 Å². The number of carbonyl (C=O) groups excluding carboxylic acids is 1. The summed E-state index contributed by atoms with van der Waals surface area (Å²) in [5.74, 6) is -0.452. The average molecular weight is 193 g/mol. The van der Waals surface area contributed by atoms with E-state index in [9.17, 15) is 4.79 Å². The Morgan fingerprint density at radius 3 is 3.07 bits per heavy atom. The molecular weight excluding hydrogens is 182 g/mol. The summed E-state index contributed by atoms with van der Waals surface area (Å²) in [6, 6.07) is 3.56. The molecule has 0 saturated carbocycles. The molecule has 0 amide bonds. The predicted molar refractivity (Wildman–Crippen MR) is 48.5 cm³/mol. The van der Waals surface area contributed by atoms with E-state index in [4.69, 9.17) is 10.00 Å². The van der Waals surface area contributed by atoms with Gasteiger partial charge >= 0.3 is 5.97 Å². The Hall–Kier alpha value is -1.83. The summed E-state index contributed by atoms with van der Waals surface area (Å²) in [6.45, 7) is 3.98. The molecule has 1 aromatic heterocycles. The molecule has 0 N–H and O–H groups in total. The topological polar surface area (TPSA) is 67.9 Å². The van der Waals surface area contributed by atoms with Crippen LogP contribution in [0.5, 0.6) is 0 Å². The van der Waals surface area contributed by atoms with Crippen LogP contribution >= 0.6 is 0 Å². The fraction of sp³-hybridized carbons (Fsp3) is 0.444. The van der Waals surface area contributed by atoms with Gasteiger partial charge < -0.3 is 4.74 Å². The molecule has 0 unspecified atom stereocenters. The zero-order valence-corrected chi connectivity index (χ0v) is 8.15. The van der Waals surface area contributed by atoms with Gasteiger partial charge in [-0.2, -0.15) is 10.4 Å². The van der Waals surface area contributed by atoms with Crippen molar-refractivity contribution in [2.24, 2.45) is 0 Å². The van der Waals surface area contributed by atoms with Gasteiger partial charge in [-0.3, -0.25) is 4.68 Å². The van der Waals surface area contributed by atoms with Crippen LogP contribution in [0.15, 0.2) is 6.07 Å². The van der Waals surface area contributed by atoms with Crippen molar-refractivity contribution in [3.05, 3.63) is 17.5 Å². The molecule has 1 aromatic rings. The van der Waals surface area contributed by atoms with Gasteiger partial charge in [0.1, 0.15) is 6.54 Å². The monoisotopic (exact) mass is 193 g/mol. The molecule has 0 atom stereocenters. The minimum Gasteiger partial charge on any atom is -0.461 e. The zero-order chi connectivity index (χ0) is 10.6. The van der Waals surface area contributed by atoms with Gasteiger partial charge in [0.2, 0.25) is 0 Å². The van der Waals surface area contributed by atoms with Crippen LogP contribution in [0.25, 0.3) is 0 Å². The number of rotatable bonds is 3. The van der Waals surface area contributed by atoms with Crippen molar-refractivity contribution in [1.29, 1.82) is 5.26 Å². The molecule has 0 aliphatic heterocycles. The Balaban J connectivity index is 2.86. The third-order valence-electron chi connectivity index (χ3n) is 1.69. The highest BCUT2D eigenvalue weighted by Crippen LogP contribution is 2.04. The molecule has 0 aromatic carbocycles. The minimum atomic E-state index is -0.452. The van der Waals surface area contributed by atoms with Gasteiger partial charge in [-0.25, -0.2) is 4.79 Å². The number of esters is 1. The lowest BCUT2D eigenvalue weighted by atomic mass is 10.4. The first-order valence-electron chi connectivity index (χ1n) is 4.27. The van der Waals surface area contributed by atoms with Gasteiger partial charge in [-0.05, 0) is 19.9 Å². The smallest absolute Gasteiger partial charge is 0.358 e.